The molecule has 2 aliphatic heterocycles. The summed E-state index contributed by atoms with van der Waals surface area (Å²) in [5.41, 5.74) is 2.76. The number of fused-ring (bicyclic) bond motifs is 2. The Morgan fingerprint density at radius 2 is 1.96 bits per heavy atom. The molecule has 0 aliphatic carbocycles. The zero-order valence-electron chi connectivity index (χ0n) is 15.7. The molecular formula is C21H22N2O5. The molecule has 2 amide bonds. The highest BCUT2D eigenvalue weighted by molar-refractivity contribution is 5.97. The van der Waals surface area contributed by atoms with E-state index in [0.29, 0.717) is 36.8 Å². The number of ether oxygens (including phenoxy) is 3. The van der Waals surface area contributed by atoms with Gasteiger partial charge in [0.15, 0.2) is 11.5 Å². The zero-order valence-corrected chi connectivity index (χ0v) is 15.7. The first-order chi connectivity index (χ1) is 13.6. The van der Waals surface area contributed by atoms with Crippen molar-refractivity contribution in [2.24, 2.45) is 0 Å². The predicted molar refractivity (Wildman–Crippen MR) is 102 cm³/mol. The summed E-state index contributed by atoms with van der Waals surface area (Å²) in [6.45, 7) is 3.81. The third-order valence-electron chi connectivity index (χ3n) is 4.89. The lowest BCUT2D eigenvalue weighted by Crippen LogP contribution is -2.42. The second-order valence-electron chi connectivity index (χ2n) is 6.68. The fraction of sp³-hybridized carbons (Fsp3) is 0.333. The molecular weight excluding hydrogens is 360 g/mol. The molecule has 7 nitrogen and oxygen atoms in total. The molecule has 146 valence electrons. The van der Waals surface area contributed by atoms with Crippen LogP contribution in [0.2, 0.25) is 0 Å². The second-order valence-corrected chi connectivity index (χ2v) is 6.68. The van der Waals surface area contributed by atoms with Crippen LogP contribution in [-0.2, 0) is 17.8 Å². The van der Waals surface area contributed by atoms with E-state index in [4.69, 9.17) is 14.2 Å². The van der Waals surface area contributed by atoms with Crippen molar-refractivity contribution in [1.29, 1.82) is 0 Å². The highest BCUT2D eigenvalue weighted by Gasteiger charge is 2.22. The summed E-state index contributed by atoms with van der Waals surface area (Å²) < 4.78 is 16.1. The van der Waals surface area contributed by atoms with Crippen molar-refractivity contribution in [1.82, 2.24) is 10.2 Å². The first-order valence-electron chi connectivity index (χ1n) is 9.34. The minimum atomic E-state index is -0.317. The lowest BCUT2D eigenvalue weighted by atomic mass is 9.99. The number of amides is 2. The lowest BCUT2D eigenvalue weighted by molar-refractivity contribution is -0.131. The summed E-state index contributed by atoms with van der Waals surface area (Å²) in [4.78, 5) is 26.7. The van der Waals surface area contributed by atoms with Crippen molar-refractivity contribution in [2.45, 2.75) is 19.9 Å². The Bertz CT molecular complexity index is 912. The molecule has 2 aliphatic rings. The molecule has 4 rings (SSSR count). The van der Waals surface area contributed by atoms with Gasteiger partial charge in [0.2, 0.25) is 12.7 Å². The van der Waals surface area contributed by atoms with Crippen LogP contribution in [0.3, 0.4) is 0 Å². The summed E-state index contributed by atoms with van der Waals surface area (Å²) in [6.07, 6.45) is 0.795. The highest BCUT2D eigenvalue weighted by atomic mass is 16.7. The van der Waals surface area contributed by atoms with Crippen molar-refractivity contribution >= 4 is 11.8 Å². The highest BCUT2D eigenvalue weighted by Crippen LogP contribution is 2.32. The van der Waals surface area contributed by atoms with Gasteiger partial charge in [-0.3, -0.25) is 9.59 Å². The summed E-state index contributed by atoms with van der Waals surface area (Å²) in [7, 11) is 0. The Morgan fingerprint density at radius 3 is 2.82 bits per heavy atom. The standard InChI is InChI=1S/C21H22N2O5/c1-2-26-17-5-3-14-7-8-23(12-16(14)9-17)20(24)11-22-21(25)15-4-6-18-19(10-15)28-13-27-18/h3-6,9-10H,2,7-8,11-13H2,1H3,(H,22,25). The van der Waals surface area contributed by atoms with Crippen LogP contribution in [-0.4, -0.2) is 43.2 Å². The molecule has 0 bridgehead atoms. The van der Waals surface area contributed by atoms with E-state index in [1.54, 1.807) is 23.1 Å². The normalized spacial score (nSPS) is 14.4. The van der Waals surface area contributed by atoms with Gasteiger partial charge < -0.3 is 24.4 Å². The number of carbonyl (C=O) groups excluding carboxylic acids is 2. The van der Waals surface area contributed by atoms with Gasteiger partial charge in [0.05, 0.1) is 13.2 Å². The maximum absolute atomic E-state index is 12.6. The van der Waals surface area contributed by atoms with Gasteiger partial charge in [0.1, 0.15) is 5.75 Å². The summed E-state index contributed by atoms with van der Waals surface area (Å²) >= 11 is 0. The van der Waals surface area contributed by atoms with Crippen molar-refractivity contribution in [3.8, 4) is 17.2 Å². The van der Waals surface area contributed by atoms with Crippen LogP contribution in [0.1, 0.15) is 28.4 Å². The van der Waals surface area contributed by atoms with E-state index in [0.717, 1.165) is 17.7 Å². The number of hydrogen-bond acceptors (Lipinski definition) is 5. The number of rotatable bonds is 5. The molecule has 0 saturated carbocycles. The topological polar surface area (TPSA) is 77.1 Å². The smallest absolute Gasteiger partial charge is 0.251 e. The Morgan fingerprint density at radius 1 is 1.11 bits per heavy atom. The van der Waals surface area contributed by atoms with Gasteiger partial charge in [0, 0.05) is 18.7 Å². The second kappa shape index (κ2) is 7.80. The molecule has 1 N–H and O–H groups in total. The minimum Gasteiger partial charge on any atom is -0.494 e. The molecule has 0 saturated heterocycles. The Kier molecular flexibility index (Phi) is 5.06. The van der Waals surface area contributed by atoms with Crippen molar-refractivity contribution in [3.63, 3.8) is 0 Å². The molecule has 0 radical (unpaired) electrons. The molecule has 0 unspecified atom stereocenters. The Hall–Kier alpha value is -3.22. The number of hydrogen-bond donors (Lipinski definition) is 1. The fourth-order valence-corrected chi connectivity index (χ4v) is 3.41. The van der Waals surface area contributed by atoms with E-state index in [9.17, 15) is 9.59 Å². The third-order valence-corrected chi connectivity index (χ3v) is 4.89. The number of carbonyl (C=O) groups is 2. The van der Waals surface area contributed by atoms with Crippen LogP contribution in [0.4, 0.5) is 0 Å². The lowest BCUT2D eigenvalue weighted by Gasteiger charge is -2.29. The van der Waals surface area contributed by atoms with Crippen LogP contribution >= 0.6 is 0 Å². The molecule has 0 spiro atoms. The van der Waals surface area contributed by atoms with Crippen LogP contribution in [0, 0.1) is 0 Å². The van der Waals surface area contributed by atoms with Crippen molar-refractivity contribution < 1.29 is 23.8 Å². The first-order valence-corrected chi connectivity index (χ1v) is 9.34. The molecule has 0 fully saturated rings. The molecule has 2 aromatic carbocycles. The average molecular weight is 382 g/mol. The van der Waals surface area contributed by atoms with Crippen LogP contribution in [0.15, 0.2) is 36.4 Å². The number of nitrogens with zero attached hydrogens (tertiary/aromatic N) is 1. The molecule has 0 atom stereocenters. The first kappa shape index (κ1) is 18.2. The monoisotopic (exact) mass is 382 g/mol. The zero-order chi connectivity index (χ0) is 19.5. The van der Waals surface area contributed by atoms with Gasteiger partial charge in [0.25, 0.3) is 5.91 Å². The Balaban J connectivity index is 1.35. The van der Waals surface area contributed by atoms with Crippen LogP contribution in [0.5, 0.6) is 17.2 Å². The van der Waals surface area contributed by atoms with E-state index in [-0.39, 0.29) is 25.2 Å². The minimum absolute atomic E-state index is 0.0479. The number of nitrogens with one attached hydrogen (secondary N) is 1. The SMILES string of the molecule is CCOc1ccc2c(c1)CN(C(=O)CNC(=O)c1ccc3c(c1)OCO3)CC2. The fourth-order valence-electron chi connectivity index (χ4n) is 3.41. The van der Waals surface area contributed by atoms with E-state index in [1.807, 2.05) is 19.1 Å². The molecule has 2 heterocycles. The van der Waals surface area contributed by atoms with Gasteiger partial charge in [-0.05, 0) is 54.8 Å². The summed E-state index contributed by atoms with van der Waals surface area (Å²) in [5, 5.41) is 2.69. The quantitative estimate of drug-likeness (QED) is 0.857. The van der Waals surface area contributed by atoms with Crippen LogP contribution < -0.4 is 19.5 Å². The van der Waals surface area contributed by atoms with Crippen molar-refractivity contribution in [2.75, 3.05) is 26.5 Å². The van der Waals surface area contributed by atoms with Gasteiger partial charge >= 0.3 is 0 Å². The van der Waals surface area contributed by atoms with Crippen molar-refractivity contribution in [3.05, 3.63) is 53.1 Å². The maximum Gasteiger partial charge on any atom is 0.251 e. The molecule has 28 heavy (non-hydrogen) atoms. The van der Waals surface area contributed by atoms with E-state index < -0.39 is 0 Å². The Labute approximate surface area is 163 Å². The largest absolute Gasteiger partial charge is 0.494 e. The number of benzene rings is 2. The average Bonchev–Trinajstić information content (AvgIpc) is 3.19. The van der Waals surface area contributed by atoms with Crippen LogP contribution in [0.25, 0.3) is 0 Å². The van der Waals surface area contributed by atoms with Gasteiger partial charge in [-0.25, -0.2) is 0 Å². The third kappa shape index (κ3) is 3.74. The summed E-state index contributed by atoms with van der Waals surface area (Å²) in [6, 6.07) is 11.0. The maximum atomic E-state index is 12.6. The van der Waals surface area contributed by atoms with Gasteiger partial charge in [-0.1, -0.05) is 6.07 Å². The molecule has 0 aromatic heterocycles. The molecule has 2 aromatic rings. The molecule has 7 heteroatoms. The van der Waals surface area contributed by atoms with E-state index >= 15 is 0 Å². The van der Waals surface area contributed by atoms with Gasteiger partial charge in [-0.2, -0.15) is 0 Å². The predicted octanol–water partition coefficient (Wildman–Crippen LogP) is 2.13. The van der Waals surface area contributed by atoms with E-state index in [1.165, 1.54) is 5.56 Å². The summed E-state index contributed by atoms with van der Waals surface area (Å²) in [5.74, 6) is 1.54. The van der Waals surface area contributed by atoms with E-state index in [2.05, 4.69) is 11.4 Å². The van der Waals surface area contributed by atoms with Gasteiger partial charge in [-0.15, -0.1) is 0 Å².